The predicted molar refractivity (Wildman–Crippen MR) is 78.9 cm³/mol. The molecule has 22 heavy (non-hydrogen) atoms. The molecule has 2 N–H and O–H groups in total. The molecule has 0 fully saturated rings. The Balaban J connectivity index is 2.34. The SMILES string of the molecule is COc1ccc(S(N)(=O)=O)cc1C(=O)N(C)Cc1ccco1. The van der Waals surface area contributed by atoms with E-state index in [2.05, 4.69) is 0 Å². The number of methoxy groups -OCH3 is 1. The van der Waals surface area contributed by atoms with Crippen molar-refractivity contribution in [3.05, 3.63) is 47.9 Å². The van der Waals surface area contributed by atoms with E-state index in [0.29, 0.717) is 5.76 Å². The molecule has 0 atom stereocenters. The molecule has 0 unspecified atom stereocenters. The van der Waals surface area contributed by atoms with Gasteiger partial charge in [-0.2, -0.15) is 0 Å². The molecule has 2 aromatic rings. The van der Waals surface area contributed by atoms with Gasteiger partial charge >= 0.3 is 0 Å². The van der Waals surface area contributed by atoms with E-state index in [1.54, 1.807) is 19.2 Å². The molecule has 0 aliphatic rings. The van der Waals surface area contributed by atoms with Crippen LogP contribution in [0.2, 0.25) is 0 Å². The first-order chi connectivity index (χ1) is 10.3. The largest absolute Gasteiger partial charge is 0.496 e. The Kier molecular flexibility index (Phi) is 4.53. The number of hydrogen-bond donors (Lipinski definition) is 1. The summed E-state index contributed by atoms with van der Waals surface area (Å²) in [5, 5.41) is 5.09. The molecule has 1 aromatic heterocycles. The van der Waals surface area contributed by atoms with E-state index >= 15 is 0 Å². The van der Waals surface area contributed by atoms with Crippen molar-refractivity contribution in [3.63, 3.8) is 0 Å². The van der Waals surface area contributed by atoms with E-state index in [-0.39, 0.29) is 22.8 Å². The number of carbonyl (C=O) groups is 1. The van der Waals surface area contributed by atoms with Crippen LogP contribution in [0.5, 0.6) is 5.75 Å². The van der Waals surface area contributed by atoms with E-state index in [0.717, 1.165) is 0 Å². The molecule has 0 aliphatic heterocycles. The van der Waals surface area contributed by atoms with E-state index in [9.17, 15) is 13.2 Å². The van der Waals surface area contributed by atoms with Crippen molar-refractivity contribution in [1.82, 2.24) is 4.90 Å². The van der Waals surface area contributed by atoms with Crippen LogP contribution in [-0.4, -0.2) is 33.4 Å². The lowest BCUT2D eigenvalue weighted by Crippen LogP contribution is -2.27. The maximum atomic E-state index is 12.5. The zero-order chi connectivity index (χ0) is 16.3. The third-order valence-corrected chi connectivity index (χ3v) is 3.96. The van der Waals surface area contributed by atoms with Gasteiger partial charge < -0.3 is 14.1 Å². The average molecular weight is 324 g/mol. The quantitative estimate of drug-likeness (QED) is 0.890. The highest BCUT2D eigenvalue weighted by Crippen LogP contribution is 2.23. The van der Waals surface area contributed by atoms with Gasteiger partial charge in [0.25, 0.3) is 5.91 Å². The van der Waals surface area contributed by atoms with E-state index in [1.807, 2.05) is 0 Å². The molecule has 1 aromatic carbocycles. The Bertz CT molecular complexity index is 769. The number of sulfonamides is 1. The molecule has 1 heterocycles. The third-order valence-electron chi connectivity index (χ3n) is 3.05. The van der Waals surface area contributed by atoms with Gasteiger partial charge in [0, 0.05) is 7.05 Å². The number of nitrogens with two attached hydrogens (primary N) is 1. The Morgan fingerprint density at radius 3 is 2.64 bits per heavy atom. The lowest BCUT2D eigenvalue weighted by Gasteiger charge is -2.18. The Morgan fingerprint density at radius 2 is 2.09 bits per heavy atom. The summed E-state index contributed by atoms with van der Waals surface area (Å²) in [6, 6.07) is 7.35. The fourth-order valence-electron chi connectivity index (χ4n) is 1.94. The van der Waals surface area contributed by atoms with Gasteiger partial charge in [0.1, 0.15) is 11.5 Å². The molecule has 0 bridgehead atoms. The van der Waals surface area contributed by atoms with E-state index in [4.69, 9.17) is 14.3 Å². The first kappa shape index (κ1) is 16.1. The molecule has 0 saturated carbocycles. The van der Waals surface area contributed by atoms with Crippen LogP contribution < -0.4 is 9.88 Å². The molecular formula is C14H16N2O5S. The Morgan fingerprint density at radius 1 is 1.36 bits per heavy atom. The zero-order valence-electron chi connectivity index (χ0n) is 12.1. The number of furan rings is 1. The number of nitrogens with zero attached hydrogens (tertiary/aromatic N) is 1. The van der Waals surface area contributed by atoms with Gasteiger partial charge in [0.2, 0.25) is 10.0 Å². The molecule has 0 spiro atoms. The van der Waals surface area contributed by atoms with Crippen molar-refractivity contribution < 1.29 is 22.4 Å². The predicted octanol–water partition coefficient (Wildman–Crippen LogP) is 1.21. The number of carbonyl (C=O) groups excluding carboxylic acids is 1. The lowest BCUT2D eigenvalue weighted by molar-refractivity contribution is 0.0772. The highest BCUT2D eigenvalue weighted by atomic mass is 32.2. The molecular weight excluding hydrogens is 308 g/mol. The summed E-state index contributed by atoms with van der Waals surface area (Å²) in [7, 11) is -0.929. The van der Waals surface area contributed by atoms with Crippen molar-refractivity contribution in [2.75, 3.05) is 14.2 Å². The molecule has 0 radical (unpaired) electrons. The first-order valence-corrected chi connectivity index (χ1v) is 7.86. The van der Waals surface area contributed by atoms with Gasteiger partial charge in [-0.1, -0.05) is 0 Å². The second kappa shape index (κ2) is 6.20. The fourth-order valence-corrected chi connectivity index (χ4v) is 2.48. The van der Waals surface area contributed by atoms with Crippen LogP contribution in [0.1, 0.15) is 16.1 Å². The number of ether oxygens (including phenoxy) is 1. The average Bonchev–Trinajstić information content (AvgIpc) is 2.97. The molecule has 0 saturated heterocycles. The smallest absolute Gasteiger partial charge is 0.257 e. The summed E-state index contributed by atoms with van der Waals surface area (Å²) in [5.74, 6) is 0.472. The second-order valence-electron chi connectivity index (χ2n) is 4.65. The first-order valence-electron chi connectivity index (χ1n) is 6.31. The van der Waals surface area contributed by atoms with Crippen molar-refractivity contribution >= 4 is 15.9 Å². The molecule has 118 valence electrons. The lowest BCUT2D eigenvalue weighted by atomic mass is 10.1. The van der Waals surface area contributed by atoms with Gasteiger partial charge in [-0.3, -0.25) is 4.79 Å². The van der Waals surface area contributed by atoms with Crippen LogP contribution in [-0.2, 0) is 16.6 Å². The van der Waals surface area contributed by atoms with Crippen LogP contribution in [0.15, 0.2) is 45.9 Å². The summed E-state index contributed by atoms with van der Waals surface area (Å²) in [6.45, 7) is 0.245. The van der Waals surface area contributed by atoms with Crippen molar-refractivity contribution in [2.45, 2.75) is 11.4 Å². The summed E-state index contributed by atoms with van der Waals surface area (Å²) in [5.41, 5.74) is 0.114. The maximum Gasteiger partial charge on any atom is 0.257 e. The normalized spacial score (nSPS) is 11.2. The standard InChI is InChI=1S/C14H16N2O5S/c1-16(9-10-4-3-7-21-10)14(17)12-8-11(22(15,18)19)5-6-13(12)20-2/h3-8H,9H2,1-2H3,(H2,15,18,19). The van der Waals surface area contributed by atoms with Crippen LogP contribution in [0.4, 0.5) is 0 Å². The minimum absolute atomic E-state index is 0.114. The molecule has 8 heteroatoms. The zero-order valence-corrected chi connectivity index (χ0v) is 13.0. The highest BCUT2D eigenvalue weighted by Gasteiger charge is 2.20. The topological polar surface area (TPSA) is 103 Å². The number of benzene rings is 1. The van der Waals surface area contributed by atoms with Gasteiger partial charge in [-0.05, 0) is 30.3 Å². The number of primary sulfonamides is 1. The monoisotopic (exact) mass is 324 g/mol. The van der Waals surface area contributed by atoms with Gasteiger partial charge in [0.15, 0.2) is 0 Å². The van der Waals surface area contributed by atoms with Crippen molar-refractivity contribution in [2.24, 2.45) is 5.14 Å². The van der Waals surface area contributed by atoms with Crippen molar-refractivity contribution in [3.8, 4) is 5.75 Å². The number of amides is 1. The number of hydrogen-bond acceptors (Lipinski definition) is 5. The van der Waals surface area contributed by atoms with Crippen LogP contribution in [0.25, 0.3) is 0 Å². The van der Waals surface area contributed by atoms with E-state index in [1.165, 1.54) is 36.5 Å². The fraction of sp³-hybridized carbons (Fsp3) is 0.214. The Hall–Kier alpha value is -2.32. The molecule has 2 rings (SSSR count). The van der Waals surface area contributed by atoms with Gasteiger partial charge in [-0.15, -0.1) is 0 Å². The molecule has 7 nitrogen and oxygen atoms in total. The Labute approximate surface area is 128 Å². The molecule has 1 amide bonds. The van der Waals surface area contributed by atoms with E-state index < -0.39 is 15.9 Å². The summed E-state index contributed by atoms with van der Waals surface area (Å²) < 4.78 is 33.2. The van der Waals surface area contributed by atoms with Crippen LogP contribution in [0.3, 0.4) is 0 Å². The number of rotatable bonds is 5. The minimum Gasteiger partial charge on any atom is -0.496 e. The molecule has 0 aliphatic carbocycles. The minimum atomic E-state index is -3.90. The second-order valence-corrected chi connectivity index (χ2v) is 6.21. The summed E-state index contributed by atoms with van der Waals surface area (Å²) in [6.07, 6.45) is 1.51. The van der Waals surface area contributed by atoms with Crippen molar-refractivity contribution in [1.29, 1.82) is 0 Å². The van der Waals surface area contributed by atoms with Crippen LogP contribution in [0, 0.1) is 0 Å². The van der Waals surface area contributed by atoms with Gasteiger partial charge in [-0.25, -0.2) is 13.6 Å². The van der Waals surface area contributed by atoms with Gasteiger partial charge in [0.05, 0.1) is 30.4 Å². The summed E-state index contributed by atoms with van der Waals surface area (Å²) >= 11 is 0. The van der Waals surface area contributed by atoms with Crippen LogP contribution >= 0.6 is 0 Å². The third kappa shape index (κ3) is 3.46. The maximum absolute atomic E-state index is 12.5. The highest BCUT2D eigenvalue weighted by molar-refractivity contribution is 7.89. The summed E-state index contributed by atoms with van der Waals surface area (Å²) in [4.78, 5) is 13.7.